The van der Waals surface area contributed by atoms with Gasteiger partial charge in [-0.25, -0.2) is 4.68 Å². The number of nitrogens with two attached hydrogens (primary N) is 1. The van der Waals surface area contributed by atoms with Crippen molar-refractivity contribution in [2.75, 3.05) is 5.32 Å². The van der Waals surface area contributed by atoms with Crippen molar-refractivity contribution in [2.24, 2.45) is 12.8 Å². The highest BCUT2D eigenvalue weighted by Crippen LogP contribution is 2.27. The lowest BCUT2D eigenvalue weighted by molar-refractivity contribution is -0.384. The Hall–Kier alpha value is -2.41. The molecule has 2 aromatic rings. The van der Waals surface area contributed by atoms with Crippen LogP contribution in [0.4, 0.5) is 11.5 Å². The number of benzene rings is 1. The summed E-state index contributed by atoms with van der Waals surface area (Å²) in [6, 6.07) is 7.79. The molecule has 2 rings (SSSR count). The molecule has 0 saturated heterocycles. The van der Waals surface area contributed by atoms with Crippen LogP contribution < -0.4 is 11.1 Å². The molecule has 1 aromatic carbocycles. The fraction of sp³-hybridized carbons (Fsp3) is 0.308. The number of nitrogens with one attached hydrogen (secondary N) is 1. The van der Waals surface area contributed by atoms with Gasteiger partial charge in [-0.1, -0.05) is 24.3 Å². The fourth-order valence-electron chi connectivity index (χ4n) is 2.04. The first kappa shape index (κ1) is 14.0. The topological polar surface area (TPSA) is 99.0 Å². The van der Waals surface area contributed by atoms with E-state index in [1.54, 1.807) is 14.0 Å². The average molecular weight is 275 g/mol. The monoisotopic (exact) mass is 275 g/mol. The minimum atomic E-state index is -0.414. The molecule has 20 heavy (non-hydrogen) atoms. The summed E-state index contributed by atoms with van der Waals surface area (Å²) in [4.78, 5) is 10.6. The predicted octanol–water partition coefficient (Wildman–Crippen LogP) is 1.71. The van der Waals surface area contributed by atoms with Gasteiger partial charge in [0.1, 0.15) is 5.69 Å². The number of aryl methyl sites for hydroxylation is 2. The highest BCUT2D eigenvalue weighted by molar-refractivity contribution is 5.59. The van der Waals surface area contributed by atoms with E-state index in [0.717, 1.165) is 11.1 Å². The molecular weight excluding hydrogens is 258 g/mol. The first-order chi connectivity index (χ1) is 9.52. The Kier molecular flexibility index (Phi) is 3.99. The second-order valence-electron chi connectivity index (χ2n) is 4.54. The second kappa shape index (κ2) is 5.70. The number of aromatic nitrogens is 2. The third-order valence-electron chi connectivity index (χ3n) is 3.09. The molecule has 0 atom stereocenters. The molecule has 0 unspecified atom stereocenters. The lowest BCUT2D eigenvalue weighted by Gasteiger charge is -2.07. The zero-order valence-electron chi connectivity index (χ0n) is 11.5. The van der Waals surface area contributed by atoms with Gasteiger partial charge in [-0.05, 0) is 18.1 Å². The van der Waals surface area contributed by atoms with Crippen LogP contribution in [0.3, 0.4) is 0 Å². The van der Waals surface area contributed by atoms with E-state index in [1.807, 2.05) is 24.3 Å². The summed E-state index contributed by atoms with van der Waals surface area (Å²) in [6.45, 7) is 2.62. The summed E-state index contributed by atoms with van der Waals surface area (Å²) in [5.74, 6) is 0.412. The Morgan fingerprint density at radius 3 is 2.50 bits per heavy atom. The number of nitrogens with zero attached hydrogens (tertiary/aromatic N) is 3. The van der Waals surface area contributed by atoms with E-state index in [4.69, 9.17) is 5.73 Å². The highest BCUT2D eigenvalue weighted by atomic mass is 16.6. The van der Waals surface area contributed by atoms with Gasteiger partial charge in [-0.15, -0.1) is 0 Å². The maximum absolute atomic E-state index is 11.0. The van der Waals surface area contributed by atoms with Gasteiger partial charge >= 0.3 is 5.69 Å². The maximum Gasteiger partial charge on any atom is 0.333 e. The van der Waals surface area contributed by atoms with E-state index in [9.17, 15) is 10.1 Å². The minimum absolute atomic E-state index is 0.0195. The van der Waals surface area contributed by atoms with Crippen LogP contribution >= 0.6 is 0 Å². The molecule has 1 aromatic heterocycles. The van der Waals surface area contributed by atoms with E-state index >= 15 is 0 Å². The van der Waals surface area contributed by atoms with E-state index in [-0.39, 0.29) is 5.69 Å². The Morgan fingerprint density at radius 2 is 1.95 bits per heavy atom. The molecule has 0 amide bonds. The number of rotatable bonds is 5. The van der Waals surface area contributed by atoms with Gasteiger partial charge in [0.15, 0.2) is 0 Å². The zero-order chi connectivity index (χ0) is 14.7. The van der Waals surface area contributed by atoms with Crippen LogP contribution in [0, 0.1) is 17.0 Å². The molecule has 0 aliphatic heterocycles. The summed E-state index contributed by atoms with van der Waals surface area (Å²) >= 11 is 0. The van der Waals surface area contributed by atoms with Gasteiger partial charge in [0.2, 0.25) is 5.82 Å². The quantitative estimate of drug-likeness (QED) is 0.639. The molecule has 0 radical (unpaired) electrons. The van der Waals surface area contributed by atoms with Crippen molar-refractivity contribution in [2.45, 2.75) is 20.0 Å². The minimum Gasteiger partial charge on any atom is -0.360 e. The van der Waals surface area contributed by atoms with E-state index in [0.29, 0.717) is 24.6 Å². The van der Waals surface area contributed by atoms with Crippen molar-refractivity contribution in [3.63, 3.8) is 0 Å². The molecule has 106 valence electrons. The normalized spacial score (nSPS) is 10.6. The molecular formula is C13H17N5O2. The fourth-order valence-corrected chi connectivity index (χ4v) is 2.04. The number of nitro groups is 1. The molecule has 0 spiro atoms. The van der Waals surface area contributed by atoms with Crippen LogP contribution in [0.1, 0.15) is 16.8 Å². The Bertz CT molecular complexity index is 618. The Labute approximate surface area is 116 Å². The Morgan fingerprint density at radius 1 is 1.35 bits per heavy atom. The summed E-state index contributed by atoms with van der Waals surface area (Å²) in [5.41, 5.74) is 8.03. The molecule has 0 saturated carbocycles. The summed E-state index contributed by atoms with van der Waals surface area (Å²) < 4.78 is 1.49. The highest BCUT2D eigenvalue weighted by Gasteiger charge is 2.23. The van der Waals surface area contributed by atoms with E-state index < -0.39 is 4.92 Å². The number of hydrogen-bond donors (Lipinski definition) is 2. The first-order valence-electron chi connectivity index (χ1n) is 6.22. The van der Waals surface area contributed by atoms with Crippen molar-refractivity contribution >= 4 is 11.5 Å². The van der Waals surface area contributed by atoms with Crippen LogP contribution in [-0.4, -0.2) is 14.7 Å². The first-order valence-corrected chi connectivity index (χ1v) is 6.22. The van der Waals surface area contributed by atoms with Gasteiger partial charge in [0.05, 0.1) is 4.92 Å². The molecule has 7 heteroatoms. The lowest BCUT2D eigenvalue weighted by atomic mass is 10.1. The maximum atomic E-state index is 11.0. The molecule has 0 aliphatic carbocycles. The zero-order valence-corrected chi connectivity index (χ0v) is 11.5. The molecule has 1 heterocycles. The van der Waals surface area contributed by atoms with Crippen LogP contribution in [0.25, 0.3) is 0 Å². The van der Waals surface area contributed by atoms with Gasteiger partial charge in [0.25, 0.3) is 0 Å². The molecule has 3 N–H and O–H groups in total. The second-order valence-corrected chi connectivity index (χ2v) is 4.54. The SMILES string of the molecule is Cc1nn(C)c(NCc2ccc(CN)cc2)c1[N+](=O)[O-]. The summed E-state index contributed by atoms with van der Waals surface area (Å²) in [6.07, 6.45) is 0. The van der Waals surface area contributed by atoms with Crippen molar-refractivity contribution in [1.29, 1.82) is 0 Å². The van der Waals surface area contributed by atoms with E-state index in [1.165, 1.54) is 4.68 Å². The lowest BCUT2D eigenvalue weighted by Crippen LogP contribution is -2.06. The van der Waals surface area contributed by atoms with Crippen LogP contribution in [-0.2, 0) is 20.1 Å². The van der Waals surface area contributed by atoms with Gasteiger partial charge in [-0.3, -0.25) is 10.1 Å². The molecule has 0 bridgehead atoms. The molecule has 0 aliphatic rings. The van der Waals surface area contributed by atoms with Crippen molar-refractivity contribution in [1.82, 2.24) is 9.78 Å². The van der Waals surface area contributed by atoms with Crippen molar-refractivity contribution in [3.8, 4) is 0 Å². The average Bonchev–Trinajstić information content (AvgIpc) is 2.71. The third-order valence-corrected chi connectivity index (χ3v) is 3.09. The summed E-state index contributed by atoms with van der Waals surface area (Å²) in [5, 5.41) is 18.2. The van der Waals surface area contributed by atoms with Gasteiger partial charge in [0, 0.05) is 20.1 Å². The Balaban J connectivity index is 2.16. The van der Waals surface area contributed by atoms with Crippen LogP contribution in [0.5, 0.6) is 0 Å². The largest absolute Gasteiger partial charge is 0.360 e. The molecule has 7 nitrogen and oxygen atoms in total. The number of anilines is 1. The molecule has 0 fully saturated rings. The van der Waals surface area contributed by atoms with Crippen LogP contribution in [0.2, 0.25) is 0 Å². The van der Waals surface area contributed by atoms with Crippen molar-refractivity contribution in [3.05, 3.63) is 51.2 Å². The van der Waals surface area contributed by atoms with E-state index in [2.05, 4.69) is 10.4 Å². The number of hydrogen-bond acceptors (Lipinski definition) is 5. The van der Waals surface area contributed by atoms with Crippen LogP contribution in [0.15, 0.2) is 24.3 Å². The predicted molar refractivity (Wildman–Crippen MR) is 76.3 cm³/mol. The van der Waals surface area contributed by atoms with Gasteiger partial charge in [-0.2, -0.15) is 5.10 Å². The standard InChI is InChI=1S/C13H17N5O2/c1-9-12(18(19)20)13(17(2)16-9)15-8-11-5-3-10(7-14)4-6-11/h3-6,15H,7-8,14H2,1-2H3. The smallest absolute Gasteiger partial charge is 0.333 e. The third kappa shape index (κ3) is 2.77. The summed E-state index contributed by atoms with van der Waals surface area (Å²) in [7, 11) is 1.68. The van der Waals surface area contributed by atoms with Crippen molar-refractivity contribution < 1.29 is 4.92 Å². The van der Waals surface area contributed by atoms with Gasteiger partial charge < -0.3 is 11.1 Å².